The lowest BCUT2D eigenvalue weighted by molar-refractivity contribution is 0.219. The molecule has 0 aromatic carbocycles. The second kappa shape index (κ2) is 5.65. The summed E-state index contributed by atoms with van der Waals surface area (Å²) in [6.45, 7) is 3.56. The van der Waals surface area contributed by atoms with Gasteiger partial charge >= 0.3 is 0 Å². The molecule has 0 aliphatic heterocycles. The lowest BCUT2D eigenvalue weighted by atomic mass is 10.1. The molecule has 2 heterocycles. The highest BCUT2D eigenvalue weighted by Crippen LogP contribution is 2.44. The molecule has 2 aromatic heterocycles. The first-order chi connectivity index (χ1) is 10.2. The van der Waals surface area contributed by atoms with Gasteiger partial charge in [-0.1, -0.05) is 0 Å². The monoisotopic (exact) mass is 289 g/mol. The van der Waals surface area contributed by atoms with E-state index in [2.05, 4.69) is 30.7 Å². The number of aliphatic hydroxyl groups excluding tert-OH is 1. The number of hydrogen-bond acceptors (Lipinski definition) is 7. The average molecular weight is 289 g/mol. The second-order valence-corrected chi connectivity index (χ2v) is 5.28. The van der Waals surface area contributed by atoms with E-state index in [1.54, 1.807) is 17.1 Å². The molecule has 0 bridgehead atoms. The first kappa shape index (κ1) is 13.7. The van der Waals surface area contributed by atoms with Crippen LogP contribution < -0.4 is 10.6 Å². The molecule has 0 radical (unpaired) electrons. The molecule has 0 spiro atoms. The fraction of sp³-hybridized carbons (Fsp3) is 0.538. The average Bonchev–Trinajstić information content (AvgIpc) is 3.07. The Labute approximate surface area is 122 Å². The Kier molecular flexibility index (Phi) is 3.70. The molecule has 1 fully saturated rings. The van der Waals surface area contributed by atoms with Crippen LogP contribution in [0.4, 0.5) is 11.9 Å². The molecule has 3 rings (SSSR count). The van der Waals surface area contributed by atoms with E-state index in [4.69, 9.17) is 0 Å². The van der Waals surface area contributed by atoms with Crippen LogP contribution in [0.2, 0.25) is 0 Å². The third-order valence-corrected chi connectivity index (χ3v) is 3.58. The highest BCUT2D eigenvalue weighted by Gasteiger charge is 2.41. The van der Waals surface area contributed by atoms with Gasteiger partial charge in [-0.05, 0) is 25.8 Å². The summed E-state index contributed by atoms with van der Waals surface area (Å²) in [7, 11) is 0. The van der Waals surface area contributed by atoms with Crippen molar-refractivity contribution in [2.45, 2.75) is 19.8 Å². The maximum absolute atomic E-state index is 9.36. The summed E-state index contributed by atoms with van der Waals surface area (Å²) in [6, 6.07) is 1.81. The van der Waals surface area contributed by atoms with Gasteiger partial charge in [0.15, 0.2) is 0 Å². The Morgan fingerprint density at radius 3 is 2.57 bits per heavy atom. The summed E-state index contributed by atoms with van der Waals surface area (Å²) < 4.78 is 1.59. The van der Waals surface area contributed by atoms with E-state index in [-0.39, 0.29) is 12.0 Å². The highest BCUT2D eigenvalue weighted by molar-refractivity contribution is 5.38. The smallest absolute Gasteiger partial charge is 0.257 e. The topological polar surface area (TPSA) is 101 Å². The van der Waals surface area contributed by atoms with Gasteiger partial charge in [-0.2, -0.15) is 20.1 Å². The molecule has 0 unspecified atom stereocenters. The lowest BCUT2D eigenvalue weighted by Gasteiger charge is -2.13. The molecule has 8 heteroatoms. The third-order valence-electron chi connectivity index (χ3n) is 3.58. The Bertz CT molecular complexity index is 595. The lowest BCUT2D eigenvalue weighted by Crippen LogP contribution is -2.21. The summed E-state index contributed by atoms with van der Waals surface area (Å²) in [5.74, 6) is 1.46. The Balaban J connectivity index is 1.81. The molecule has 0 atom stereocenters. The van der Waals surface area contributed by atoms with E-state index in [0.717, 1.165) is 19.4 Å². The van der Waals surface area contributed by atoms with Crippen LogP contribution in [0.1, 0.15) is 19.8 Å². The Morgan fingerprint density at radius 2 is 2.00 bits per heavy atom. The number of anilines is 2. The second-order valence-electron chi connectivity index (χ2n) is 5.28. The van der Waals surface area contributed by atoms with E-state index in [0.29, 0.717) is 24.4 Å². The zero-order valence-electron chi connectivity index (χ0n) is 12.0. The first-order valence-electron chi connectivity index (χ1n) is 7.09. The molecule has 3 N–H and O–H groups in total. The fourth-order valence-corrected chi connectivity index (χ4v) is 2.00. The minimum atomic E-state index is -0.00313. The van der Waals surface area contributed by atoms with Crippen molar-refractivity contribution in [2.24, 2.45) is 5.41 Å². The van der Waals surface area contributed by atoms with Gasteiger partial charge in [-0.3, -0.25) is 0 Å². The van der Waals surface area contributed by atoms with Crippen molar-refractivity contribution in [3.05, 3.63) is 18.5 Å². The standard InChI is InChI=1S/C13H19N7O/c1-2-14-10-17-11(15-8-13(9-21)4-5-13)19-12(18-10)20-7-3-6-16-20/h3,6-7,21H,2,4-5,8-9H2,1H3,(H2,14,15,17,18,19). The molecule has 1 aliphatic rings. The molecule has 112 valence electrons. The number of hydrogen-bond donors (Lipinski definition) is 3. The van der Waals surface area contributed by atoms with Gasteiger partial charge in [0.2, 0.25) is 11.9 Å². The number of aromatic nitrogens is 5. The van der Waals surface area contributed by atoms with Gasteiger partial charge < -0.3 is 15.7 Å². The van der Waals surface area contributed by atoms with E-state index >= 15 is 0 Å². The van der Waals surface area contributed by atoms with Crippen molar-refractivity contribution >= 4 is 11.9 Å². The van der Waals surface area contributed by atoms with Gasteiger partial charge in [0.25, 0.3) is 5.95 Å². The van der Waals surface area contributed by atoms with Crippen LogP contribution in [0.15, 0.2) is 18.5 Å². The zero-order valence-corrected chi connectivity index (χ0v) is 12.0. The van der Waals surface area contributed by atoms with Crippen LogP contribution in [-0.4, -0.2) is 49.5 Å². The van der Waals surface area contributed by atoms with Crippen molar-refractivity contribution in [2.75, 3.05) is 30.3 Å². The van der Waals surface area contributed by atoms with Crippen LogP contribution >= 0.6 is 0 Å². The van der Waals surface area contributed by atoms with E-state index in [1.165, 1.54) is 0 Å². The molecule has 0 amide bonds. The molecular formula is C13H19N7O. The molecule has 0 saturated heterocycles. The number of nitrogens with one attached hydrogen (secondary N) is 2. The van der Waals surface area contributed by atoms with Crippen molar-refractivity contribution in [3.8, 4) is 5.95 Å². The Hall–Kier alpha value is -2.22. The molecular weight excluding hydrogens is 270 g/mol. The third kappa shape index (κ3) is 3.10. The summed E-state index contributed by atoms with van der Waals surface area (Å²) in [6.07, 6.45) is 5.53. The van der Waals surface area contributed by atoms with Crippen molar-refractivity contribution in [1.82, 2.24) is 24.7 Å². The zero-order chi connectivity index (χ0) is 14.7. The molecule has 1 saturated carbocycles. The fourth-order valence-electron chi connectivity index (χ4n) is 2.00. The van der Waals surface area contributed by atoms with Gasteiger partial charge in [-0.25, -0.2) is 4.68 Å². The maximum atomic E-state index is 9.36. The summed E-state index contributed by atoms with van der Waals surface area (Å²) in [5, 5.41) is 19.8. The predicted molar refractivity (Wildman–Crippen MR) is 78.4 cm³/mol. The molecule has 21 heavy (non-hydrogen) atoms. The SMILES string of the molecule is CCNc1nc(NCC2(CO)CC2)nc(-n2cccn2)n1. The van der Waals surface area contributed by atoms with Crippen LogP contribution in [0, 0.1) is 5.41 Å². The number of rotatable bonds is 7. The van der Waals surface area contributed by atoms with Crippen LogP contribution in [0.25, 0.3) is 5.95 Å². The number of aliphatic hydroxyl groups is 1. The minimum Gasteiger partial charge on any atom is -0.396 e. The first-order valence-corrected chi connectivity index (χ1v) is 7.09. The summed E-state index contributed by atoms with van der Waals surface area (Å²) in [4.78, 5) is 13.0. The van der Waals surface area contributed by atoms with E-state index < -0.39 is 0 Å². The summed E-state index contributed by atoms with van der Waals surface area (Å²) in [5.41, 5.74) is -0.00313. The summed E-state index contributed by atoms with van der Waals surface area (Å²) >= 11 is 0. The normalized spacial score (nSPS) is 15.7. The molecule has 1 aliphatic carbocycles. The van der Waals surface area contributed by atoms with Gasteiger partial charge in [0.05, 0.1) is 6.61 Å². The van der Waals surface area contributed by atoms with E-state index in [9.17, 15) is 5.11 Å². The maximum Gasteiger partial charge on any atom is 0.257 e. The van der Waals surface area contributed by atoms with Crippen molar-refractivity contribution in [3.63, 3.8) is 0 Å². The highest BCUT2D eigenvalue weighted by atomic mass is 16.3. The van der Waals surface area contributed by atoms with Gasteiger partial charge in [-0.15, -0.1) is 0 Å². The van der Waals surface area contributed by atoms with Crippen molar-refractivity contribution < 1.29 is 5.11 Å². The molecule has 2 aromatic rings. The minimum absolute atomic E-state index is 0.00313. The van der Waals surface area contributed by atoms with Gasteiger partial charge in [0, 0.05) is 30.9 Å². The van der Waals surface area contributed by atoms with Crippen LogP contribution in [0.5, 0.6) is 0 Å². The van der Waals surface area contributed by atoms with Crippen molar-refractivity contribution in [1.29, 1.82) is 0 Å². The largest absolute Gasteiger partial charge is 0.396 e. The number of nitrogens with zero attached hydrogens (tertiary/aromatic N) is 5. The van der Waals surface area contributed by atoms with Gasteiger partial charge in [0.1, 0.15) is 0 Å². The van der Waals surface area contributed by atoms with E-state index in [1.807, 2.05) is 13.0 Å². The predicted octanol–water partition coefficient (Wildman–Crippen LogP) is 0.673. The quantitative estimate of drug-likeness (QED) is 0.688. The molecule has 8 nitrogen and oxygen atoms in total. The van der Waals surface area contributed by atoms with Crippen LogP contribution in [0.3, 0.4) is 0 Å². The Morgan fingerprint density at radius 1 is 1.24 bits per heavy atom. The van der Waals surface area contributed by atoms with Crippen LogP contribution in [-0.2, 0) is 0 Å².